The first-order valence-corrected chi connectivity index (χ1v) is 19.9. The highest BCUT2D eigenvalue weighted by molar-refractivity contribution is 5.86. The number of methoxy groups -OCH3 is 5. The first-order valence-electron chi connectivity index (χ1n) is 19.9. The number of hydrogen-bond donors (Lipinski definition) is 0. The fourth-order valence-corrected chi connectivity index (χ4v) is 4.44. The standard InChI is InChI=1S/C13H26O3.C10H12O.C8H8.C6H12O.C5H8O2.C4H6O2.C2H6/c1-3-13(11-16-12-13)10-15-9-7-5-4-6-8-14-2;1-3-9-4-6-10(7-5-9)8-11-2;1-2-4-8-6-5-7(8)3-1;1-6(2)4-5-7-3;1-4(2)5(6)7-3;1-3-4(5)6-2;1-2/h3-12H2,1-2H3;3-7H,1,8H2,2H3;1-4H,5-6H2;4H,5H2,1-3H3;1H2,2-3H3;3H,1H2,2H3;1-2H3. The zero-order valence-electron chi connectivity index (χ0n) is 37.5. The Kier molecular flexibility index (Phi) is 40.7. The Bertz CT molecular complexity index is 1300. The van der Waals surface area contributed by atoms with Gasteiger partial charge in [-0.15, -0.1) is 0 Å². The van der Waals surface area contributed by atoms with Crippen LogP contribution in [0.5, 0.6) is 0 Å². The SMILES string of the molecule is C=C(C)C(=O)OC.C=CC(=O)OC.C=Cc1ccc(COC)cc1.CC.CCC1(COCCCCCCOC)COC1.COCC=C(C)C.c1ccc2c(c1)CC2. The van der Waals surface area contributed by atoms with Crippen LogP contribution in [0.15, 0.2) is 91.6 Å². The number of unbranched alkanes of at least 4 members (excludes halogenated alkanes) is 3. The Morgan fingerprint density at radius 2 is 1.33 bits per heavy atom. The van der Waals surface area contributed by atoms with E-state index in [0.29, 0.717) is 17.6 Å². The van der Waals surface area contributed by atoms with Crippen LogP contribution in [-0.4, -0.2) is 87.1 Å². The van der Waals surface area contributed by atoms with Gasteiger partial charge in [-0.1, -0.05) is 120 Å². The highest BCUT2D eigenvalue weighted by Gasteiger charge is 2.36. The quantitative estimate of drug-likeness (QED) is 0.0670. The molecule has 1 saturated heterocycles. The van der Waals surface area contributed by atoms with Gasteiger partial charge in [-0.25, -0.2) is 9.59 Å². The minimum absolute atomic E-state index is 0.343. The first-order chi connectivity index (χ1) is 27.4. The van der Waals surface area contributed by atoms with Gasteiger partial charge in [0.05, 0.1) is 47.3 Å². The zero-order valence-corrected chi connectivity index (χ0v) is 37.5. The molecular formula is C48H78O9. The fraction of sp³-hybridized carbons (Fsp3) is 0.542. The van der Waals surface area contributed by atoms with Gasteiger partial charge in [0.2, 0.25) is 0 Å². The second-order valence-electron chi connectivity index (χ2n) is 13.2. The van der Waals surface area contributed by atoms with Gasteiger partial charge in [0.15, 0.2) is 0 Å². The van der Waals surface area contributed by atoms with Crippen LogP contribution in [0, 0.1) is 5.41 Å². The van der Waals surface area contributed by atoms with E-state index in [0.717, 1.165) is 51.3 Å². The summed E-state index contributed by atoms with van der Waals surface area (Å²) >= 11 is 0. The normalized spacial score (nSPS) is 11.8. The molecule has 2 aromatic carbocycles. The molecule has 0 bridgehead atoms. The molecule has 1 aliphatic carbocycles. The van der Waals surface area contributed by atoms with E-state index in [1.165, 1.54) is 70.3 Å². The maximum atomic E-state index is 10.2. The summed E-state index contributed by atoms with van der Waals surface area (Å²) in [6.07, 6.45) is 13.6. The molecule has 2 aliphatic rings. The molecule has 1 fully saturated rings. The number of esters is 2. The Morgan fingerprint density at radius 3 is 1.61 bits per heavy atom. The third kappa shape index (κ3) is 32.9. The number of carbonyl (C=O) groups excluding carboxylic acids is 2. The van der Waals surface area contributed by atoms with Crippen LogP contribution in [0.3, 0.4) is 0 Å². The van der Waals surface area contributed by atoms with E-state index < -0.39 is 5.97 Å². The molecule has 1 aliphatic heterocycles. The largest absolute Gasteiger partial charge is 0.466 e. The molecule has 0 amide bonds. The van der Waals surface area contributed by atoms with Crippen molar-refractivity contribution in [1.82, 2.24) is 0 Å². The second kappa shape index (κ2) is 40.3. The molecule has 57 heavy (non-hydrogen) atoms. The summed E-state index contributed by atoms with van der Waals surface area (Å²) in [7, 11) is 7.79. The van der Waals surface area contributed by atoms with Crippen molar-refractivity contribution in [1.29, 1.82) is 0 Å². The molecule has 4 rings (SSSR count). The number of fused-ring (bicyclic) bond motifs is 1. The van der Waals surface area contributed by atoms with E-state index in [2.05, 4.69) is 74.2 Å². The third-order valence-electron chi connectivity index (χ3n) is 8.23. The molecule has 324 valence electrons. The van der Waals surface area contributed by atoms with Crippen LogP contribution in [0.4, 0.5) is 0 Å². The van der Waals surface area contributed by atoms with Crippen molar-refractivity contribution in [2.45, 2.75) is 93.1 Å². The van der Waals surface area contributed by atoms with Crippen LogP contribution >= 0.6 is 0 Å². The third-order valence-corrected chi connectivity index (χ3v) is 8.23. The van der Waals surface area contributed by atoms with Crippen molar-refractivity contribution in [3.8, 4) is 0 Å². The monoisotopic (exact) mass is 799 g/mol. The summed E-state index contributed by atoms with van der Waals surface area (Å²) < 4.78 is 34.2. The van der Waals surface area contributed by atoms with Gasteiger partial charge in [0.1, 0.15) is 0 Å². The topological polar surface area (TPSA) is 98.8 Å². The Hall–Kier alpha value is -3.86. The van der Waals surface area contributed by atoms with Crippen molar-refractivity contribution >= 4 is 18.0 Å². The number of carbonyl (C=O) groups is 2. The number of aryl methyl sites for hydroxylation is 2. The van der Waals surface area contributed by atoms with E-state index >= 15 is 0 Å². The lowest BCUT2D eigenvalue weighted by Gasteiger charge is -2.40. The predicted molar refractivity (Wildman–Crippen MR) is 237 cm³/mol. The molecule has 1 heterocycles. The summed E-state index contributed by atoms with van der Waals surface area (Å²) in [4.78, 5) is 20.0. The Morgan fingerprint density at radius 1 is 0.772 bits per heavy atom. The van der Waals surface area contributed by atoms with Gasteiger partial charge < -0.3 is 33.2 Å². The molecule has 0 aromatic heterocycles. The smallest absolute Gasteiger partial charge is 0.332 e. The molecular weight excluding hydrogens is 721 g/mol. The summed E-state index contributed by atoms with van der Waals surface area (Å²) in [6.45, 7) is 28.0. The summed E-state index contributed by atoms with van der Waals surface area (Å²) in [5.74, 6) is -0.741. The lowest BCUT2D eigenvalue weighted by atomic mass is 9.84. The molecule has 9 nitrogen and oxygen atoms in total. The zero-order chi connectivity index (χ0) is 43.7. The fourth-order valence-electron chi connectivity index (χ4n) is 4.44. The van der Waals surface area contributed by atoms with Crippen molar-refractivity contribution in [3.05, 3.63) is 114 Å². The molecule has 0 atom stereocenters. The average Bonchev–Trinajstić information content (AvgIpc) is 3.21. The summed E-state index contributed by atoms with van der Waals surface area (Å²) in [5.41, 5.74) is 7.52. The van der Waals surface area contributed by atoms with Crippen molar-refractivity contribution in [3.63, 3.8) is 0 Å². The van der Waals surface area contributed by atoms with Gasteiger partial charge in [-0.3, -0.25) is 0 Å². The highest BCUT2D eigenvalue weighted by atomic mass is 16.5. The molecule has 0 spiro atoms. The molecule has 0 radical (unpaired) electrons. The van der Waals surface area contributed by atoms with E-state index in [1.54, 1.807) is 39.4 Å². The molecule has 0 saturated carbocycles. The molecule has 9 heteroatoms. The van der Waals surface area contributed by atoms with Gasteiger partial charge in [-0.2, -0.15) is 0 Å². The molecule has 2 aromatic rings. The summed E-state index contributed by atoms with van der Waals surface area (Å²) in [6, 6.07) is 16.8. The minimum atomic E-state index is -0.394. The van der Waals surface area contributed by atoms with E-state index in [4.69, 9.17) is 23.7 Å². The van der Waals surface area contributed by atoms with Crippen LogP contribution in [0.2, 0.25) is 0 Å². The van der Waals surface area contributed by atoms with Crippen molar-refractivity contribution in [2.24, 2.45) is 5.41 Å². The lowest BCUT2D eigenvalue weighted by Crippen LogP contribution is -2.45. The number of ether oxygens (including phenoxy) is 7. The number of hydrogen-bond acceptors (Lipinski definition) is 9. The highest BCUT2D eigenvalue weighted by Crippen LogP contribution is 2.31. The van der Waals surface area contributed by atoms with Crippen LogP contribution < -0.4 is 0 Å². The number of rotatable bonds is 17. The van der Waals surface area contributed by atoms with Crippen LogP contribution in [-0.2, 0) is 62.2 Å². The van der Waals surface area contributed by atoms with Gasteiger partial charge in [0.25, 0.3) is 0 Å². The molecule has 0 N–H and O–H groups in total. The van der Waals surface area contributed by atoms with E-state index in [9.17, 15) is 9.59 Å². The number of allylic oxidation sites excluding steroid dienone is 1. The maximum absolute atomic E-state index is 10.2. The van der Waals surface area contributed by atoms with E-state index in [-0.39, 0.29) is 5.97 Å². The number of benzene rings is 2. The Labute approximate surface area is 347 Å². The van der Waals surface area contributed by atoms with Gasteiger partial charge in [-0.05, 0) is 75.1 Å². The van der Waals surface area contributed by atoms with Crippen LogP contribution in [0.25, 0.3) is 6.08 Å². The van der Waals surface area contributed by atoms with Crippen molar-refractivity contribution in [2.75, 3.05) is 75.2 Å². The minimum Gasteiger partial charge on any atom is -0.466 e. The lowest BCUT2D eigenvalue weighted by molar-refractivity contribution is -0.150. The summed E-state index contributed by atoms with van der Waals surface area (Å²) in [5, 5.41) is 0. The van der Waals surface area contributed by atoms with Crippen LogP contribution in [0.1, 0.15) is 95.9 Å². The maximum Gasteiger partial charge on any atom is 0.332 e. The second-order valence-corrected chi connectivity index (χ2v) is 13.2. The average molecular weight is 799 g/mol. The van der Waals surface area contributed by atoms with Gasteiger partial charge >= 0.3 is 11.9 Å². The van der Waals surface area contributed by atoms with Gasteiger partial charge in [0, 0.05) is 51.6 Å². The molecule has 0 unspecified atom stereocenters. The van der Waals surface area contributed by atoms with E-state index in [1.807, 2.05) is 50.3 Å². The first kappa shape index (κ1) is 57.5. The Balaban J connectivity index is -0.000000631. The predicted octanol–water partition coefficient (Wildman–Crippen LogP) is 10.6. The van der Waals surface area contributed by atoms with Crippen molar-refractivity contribution < 1.29 is 42.7 Å².